The first kappa shape index (κ1) is 18.3. The van der Waals surface area contributed by atoms with Crippen molar-refractivity contribution in [3.63, 3.8) is 0 Å². The van der Waals surface area contributed by atoms with Crippen LogP contribution in [0.1, 0.15) is 28.9 Å². The molecular formula is C18H23N5O2S. The Kier molecular flexibility index (Phi) is 5.51. The Bertz CT molecular complexity index is 779. The van der Waals surface area contributed by atoms with Gasteiger partial charge in [0.1, 0.15) is 10.0 Å². The van der Waals surface area contributed by atoms with Gasteiger partial charge in [0.15, 0.2) is 0 Å². The molecule has 1 aliphatic heterocycles. The van der Waals surface area contributed by atoms with Crippen LogP contribution in [0.15, 0.2) is 30.3 Å². The number of likely N-dealkylation sites (tertiary alicyclic amines) is 1. The lowest BCUT2D eigenvalue weighted by Crippen LogP contribution is -2.47. The van der Waals surface area contributed by atoms with Gasteiger partial charge in [-0.2, -0.15) is 0 Å². The molecule has 0 saturated carbocycles. The molecule has 7 nitrogen and oxygen atoms in total. The summed E-state index contributed by atoms with van der Waals surface area (Å²) < 4.78 is 0. The highest BCUT2D eigenvalue weighted by Gasteiger charge is 2.37. The summed E-state index contributed by atoms with van der Waals surface area (Å²) in [6.45, 7) is 4.83. The standard InChI is InChI=1S/C18H23N5O2S/c1-12-15(9-17(24)23(12)10-14-7-5-4-6-8-14)19-18(25)22(3)11-16-21-20-13(2)26-16/h4-8,12,15H,9-11H2,1-3H3,(H,19,25). The quantitative estimate of drug-likeness (QED) is 0.871. The van der Waals surface area contributed by atoms with Crippen molar-refractivity contribution in [3.05, 3.63) is 45.9 Å². The summed E-state index contributed by atoms with van der Waals surface area (Å²) in [5.41, 5.74) is 1.09. The Morgan fingerprint density at radius 2 is 2.08 bits per heavy atom. The number of carbonyl (C=O) groups is 2. The molecule has 8 heteroatoms. The van der Waals surface area contributed by atoms with Crippen molar-refractivity contribution < 1.29 is 9.59 Å². The second-order valence-corrected chi connectivity index (χ2v) is 7.85. The molecular weight excluding hydrogens is 350 g/mol. The summed E-state index contributed by atoms with van der Waals surface area (Å²) >= 11 is 1.47. The zero-order valence-electron chi connectivity index (χ0n) is 15.2. The maximum absolute atomic E-state index is 12.5. The number of nitrogens with zero attached hydrogens (tertiary/aromatic N) is 4. The SMILES string of the molecule is Cc1nnc(CN(C)C(=O)NC2CC(=O)N(Cc3ccccc3)C2C)s1. The molecule has 2 atom stereocenters. The predicted molar refractivity (Wildman–Crippen MR) is 99.5 cm³/mol. The average molecular weight is 373 g/mol. The number of aryl methyl sites for hydroxylation is 1. The lowest BCUT2D eigenvalue weighted by molar-refractivity contribution is -0.129. The number of nitrogens with one attached hydrogen (secondary N) is 1. The van der Waals surface area contributed by atoms with Crippen LogP contribution in [0.3, 0.4) is 0 Å². The molecule has 3 amide bonds. The minimum Gasteiger partial charge on any atom is -0.334 e. The van der Waals surface area contributed by atoms with E-state index < -0.39 is 0 Å². The molecule has 1 aliphatic rings. The third-order valence-corrected chi connectivity index (χ3v) is 5.40. The zero-order chi connectivity index (χ0) is 18.7. The highest BCUT2D eigenvalue weighted by molar-refractivity contribution is 7.11. The number of benzene rings is 1. The van der Waals surface area contributed by atoms with E-state index >= 15 is 0 Å². The molecule has 2 heterocycles. The molecule has 1 aromatic heterocycles. The number of hydrogen-bond acceptors (Lipinski definition) is 5. The monoisotopic (exact) mass is 373 g/mol. The largest absolute Gasteiger partial charge is 0.334 e. The molecule has 1 N–H and O–H groups in total. The van der Waals surface area contributed by atoms with E-state index in [0.29, 0.717) is 19.5 Å². The number of carbonyl (C=O) groups excluding carboxylic acids is 2. The molecule has 0 bridgehead atoms. The maximum Gasteiger partial charge on any atom is 0.317 e. The van der Waals surface area contributed by atoms with Crippen LogP contribution in [0.4, 0.5) is 4.79 Å². The fraction of sp³-hybridized carbons (Fsp3) is 0.444. The van der Waals surface area contributed by atoms with Crippen LogP contribution in [-0.2, 0) is 17.9 Å². The zero-order valence-corrected chi connectivity index (χ0v) is 16.0. The van der Waals surface area contributed by atoms with E-state index in [0.717, 1.165) is 15.6 Å². The van der Waals surface area contributed by atoms with Crippen LogP contribution in [-0.4, -0.2) is 51.1 Å². The highest BCUT2D eigenvalue weighted by Crippen LogP contribution is 2.22. The topological polar surface area (TPSA) is 78.4 Å². The number of hydrogen-bond donors (Lipinski definition) is 1. The van der Waals surface area contributed by atoms with Gasteiger partial charge in [-0.25, -0.2) is 4.79 Å². The van der Waals surface area contributed by atoms with Gasteiger partial charge in [0.25, 0.3) is 0 Å². The van der Waals surface area contributed by atoms with Crippen molar-refractivity contribution in [3.8, 4) is 0 Å². The van der Waals surface area contributed by atoms with Gasteiger partial charge in [0.05, 0.1) is 18.6 Å². The van der Waals surface area contributed by atoms with Crippen molar-refractivity contribution in [1.29, 1.82) is 0 Å². The van der Waals surface area contributed by atoms with Gasteiger partial charge in [0, 0.05) is 20.0 Å². The first-order chi connectivity index (χ1) is 12.4. The molecule has 1 fully saturated rings. The van der Waals surface area contributed by atoms with Gasteiger partial charge in [-0.15, -0.1) is 10.2 Å². The van der Waals surface area contributed by atoms with E-state index in [-0.39, 0.29) is 24.0 Å². The van der Waals surface area contributed by atoms with Crippen LogP contribution in [0, 0.1) is 6.92 Å². The average Bonchev–Trinajstić information content (AvgIpc) is 3.14. The number of urea groups is 1. The molecule has 0 radical (unpaired) electrons. The summed E-state index contributed by atoms with van der Waals surface area (Å²) in [5, 5.41) is 12.7. The van der Waals surface area contributed by atoms with Gasteiger partial charge in [-0.05, 0) is 19.4 Å². The Hall–Kier alpha value is -2.48. The number of amides is 3. The highest BCUT2D eigenvalue weighted by atomic mass is 32.1. The van der Waals surface area contributed by atoms with E-state index in [9.17, 15) is 9.59 Å². The molecule has 26 heavy (non-hydrogen) atoms. The molecule has 1 saturated heterocycles. The summed E-state index contributed by atoms with van der Waals surface area (Å²) in [4.78, 5) is 28.3. The molecule has 3 rings (SSSR count). The summed E-state index contributed by atoms with van der Waals surface area (Å²) in [5.74, 6) is 0.0639. The Morgan fingerprint density at radius 3 is 2.73 bits per heavy atom. The molecule has 138 valence electrons. The van der Waals surface area contributed by atoms with Crippen molar-refractivity contribution in [2.45, 2.75) is 45.4 Å². The second-order valence-electron chi connectivity index (χ2n) is 6.58. The van der Waals surface area contributed by atoms with Crippen LogP contribution in [0.5, 0.6) is 0 Å². The Labute approximate surface area is 157 Å². The molecule has 0 spiro atoms. The summed E-state index contributed by atoms with van der Waals surface area (Å²) in [6.07, 6.45) is 0.325. The van der Waals surface area contributed by atoms with Gasteiger partial charge in [-0.3, -0.25) is 4.79 Å². The number of rotatable bonds is 5. The van der Waals surface area contributed by atoms with E-state index in [2.05, 4.69) is 15.5 Å². The Morgan fingerprint density at radius 1 is 1.35 bits per heavy atom. The summed E-state index contributed by atoms with van der Waals surface area (Å²) in [6, 6.07) is 9.43. The fourth-order valence-electron chi connectivity index (χ4n) is 3.05. The van der Waals surface area contributed by atoms with Crippen LogP contribution in [0.2, 0.25) is 0 Å². The van der Waals surface area contributed by atoms with E-state index in [1.807, 2.05) is 49.1 Å². The first-order valence-corrected chi connectivity index (χ1v) is 9.39. The van der Waals surface area contributed by atoms with Crippen molar-refractivity contribution in [2.75, 3.05) is 7.05 Å². The number of aromatic nitrogens is 2. The third kappa shape index (κ3) is 4.19. The van der Waals surface area contributed by atoms with Gasteiger partial charge >= 0.3 is 6.03 Å². The fourth-order valence-corrected chi connectivity index (χ4v) is 3.81. The lowest BCUT2D eigenvalue weighted by atomic mass is 10.1. The maximum atomic E-state index is 12.5. The first-order valence-electron chi connectivity index (χ1n) is 8.58. The smallest absolute Gasteiger partial charge is 0.317 e. The van der Waals surface area contributed by atoms with Crippen molar-refractivity contribution in [1.82, 2.24) is 25.3 Å². The van der Waals surface area contributed by atoms with E-state index in [1.165, 1.54) is 11.3 Å². The van der Waals surface area contributed by atoms with E-state index in [1.54, 1.807) is 11.9 Å². The van der Waals surface area contributed by atoms with Gasteiger partial charge < -0.3 is 15.1 Å². The minimum atomic E-state index is -0.205. The third-order valence-electron chi connectivity index (χ3n) is 4.58. The van der Waals surface area contributed by atoms with E-state index in [4.69, 9.17) is 0 Å². The van der Waals surface area contributed by atoms with Crippen LogP contribution < -0.4 is 5.32 Å². The predicted octanol–water partition coefficient (Wildman–Crippen LogP) is 2.18. The molecule has 0 aliphatic carbocycles. The Balaban J connectivity index is 1.57. The van der Waals surface area contributed by atoms with Gasteiger partial charge in [-0.1, -0.05) is 41.7 Å². The molecule has 2 unspecified atom stereocenters. The van der Waals surface area contributed by atoms with Crippen molar-refractivity contribution in [2.24, 2.45) is 0 Å². The minimum absolute atomic E-state index is 0.0520. The van der Waals surface area contributed by atoms with Crippen molar-refractivity contribution >= 4 is 23.3 Å². The second kappa shape index (κ2) is 7.82. The molecule has 2 aromatic rings. The normalized spacial score (nSPS) is 19.7. The molecule has 1 aromatic carbocycles. The summed E-state index contributed by atoms with van der Waals surface area (Å²) in [7, 11) is 1.72. The van der Waals surface area contributed by atoms with Crippen LogP contribution in [0.25, 0.3) is 0 Å². The van der Waals surface area contributed by atoms with Gasteiger partial charge in [0.2, 0.25) is 5.91 Å². The lowest BCUT2D eigenvalue weighted by Gasteiger charge is -2.26. The van der Waals surface area contributed by atoms with Crippen LogP contribution >= 0.6 is 11.3 Å².